The van der Waals surface area contributed by atoms with Crippen LogP contribution in [0.15, 0.2) is 11.6 Å². The minimum Gasteiger partial charge on any atom is -0.481 e. The largest absolute Gasteiger partial charge is 0.481 e. The van der Waals surface area contributed by atoms with Gasteiger partial charge in [-0.05, 0) is 55.4 Å². The number of hydrogen-bond donors (Lipinski definition) is 2. The highest BCUT2D eigenvalue weighted by Gasteiger charge is 2.68. The monoisotopic (exact) mass is 460 g/mol. The standard InChI is InChI=1S/C25H32O8/c1-23-9-7-15(26)11-14(23)3-4-16-17-8-10-25(32,24(17,2)12-18(27)22(16)23)19(28)13-33-21(31)6-5-20(29)30/h11,16-17,22,32H,3-10,12-13H2,1-2H3,(H,29,30)/t16-,17?,22?,23-,24-,25-/m1/s1. The Balaban J connectivity index is 1.53. The van der Waals surface area contributed by atoms with Gasteiger partial charge in [0.2, 0.25) is 5.78 Å². The van der Waals surface area contributed by atoms with Crippen molar-refractivity contribution in [1.29, 1.82) is 0 Å². The lowest BCUT2D eigenvalue weighted by molar-refractivity contribution is -0.174. The van der Waals surface area contributed by atoms with E-state index >= 15 is 0 Å². The summed E-state index contributed by atoms with van der Waals surface area (Å²) in [5.74, 6) is -2.62. The molecule has 8 heteroatoms. The van der Waals surface area contributed by atoms with Gasteiger partial charge < -0.3 is 14.9 Å². The SMILES string of the molecule is C[C@@]12CCC(=O)C=C1CC[C@H]1C2C(=O)C[C@]2(C)C1CC[C@@]2(O)C(=O)COC(=O)CCC(=O)O. The van der Waals surface area contributed by atoms with E-state index in [1.165, 1.54) is 0 Å². The Morgan fingerprint density at radius 3 is 2.52 bits per heavy atom. The van der Waals surface area contributed by atoms with Crippen molar-refractivity contribution in [2.45, 2.75) is 77.2 Å². The average Bonchev–Trinajstić information content (AvgIpc) is 3.02. The summed E-state index contributed by atoms with van der Waals surface area (Å²) >= 11 is 0. The van der Waals surface area contributed by atoms with Crippen molar-refractivity contribution in [3.8, 4) is 0 Å². The molecule has 0 heterocycles. The van der Waals surface area contributed by atoms with Crippen LogP contribution in [0.2, 0.25) is 0 Å². The van der Waals surface area contributed by atoms with Crippen LogP contribution >= 0.6 is 0 Å². The highest BCUT2D eigenvalue weighted by Crippen LogP contribution is 2.66. The van der Waals surface area contributed by atoms with E-state index in [0.29, 0.717) is 19.3 Å². The zero-order valence-corrected chi connectivity index (χ0v) is 19.2. The molecule has 0 aliphatic heterocycles. The molecule has 3 saturated carbocycles. The van der Waals surface area contributed by atoms with Crippen molar-refractivity contribution >= 4 is 29.3 Å². The molecule has 0 radical (unpaired) electrons. The van der Waals surface area contributed by atoms with Gasteiger partial charge in [0.1, 0.15) is 11.4 Å². The second kappa shape index (κ2) is 8.15. The third-order valence-electron chi connectivity index (χ3n) is 9.18. The van der Waals surface area contributed by atoms with Crippen LogP contribution in [0.1, 0.15) is 71.6 Å². The molecule has 2 unspecified atom stereocenters. The molecule has 0 spiro atoms. The van der Waals surface area contributed by atoms with E-state index in [1.807, 2.05) is 0 Å². The van der Waals surface area contributed by atoms with Crippen LogP contribution < -0.4 is 0 Å². The maximum atomic E-state index is 13.6. The highest BCUT2D eigenvalue weighted by molar-refractivity contribution is 5.95. The number of carboxylic acids is 1. The van der Waals surface area contributed by atoms with Gasteiger partial charge >= 0.3 is 11.9 Å². The second-order valence-corrected chi connectivity index (χ2v) is 10.8. The number of ketones is 3. The first-order valence-corrected chi connectivity index (χ1v) is 11.8. The third kappa shape index (κ3) is 3.66. The molecule has 0 aromatic rings. The van der Waals surface area contributed by atoms with Crippen molar-refractivity contribution in [3.05, 3.63) is 11.6 Å². The van der Waals surface area contributed by atoms with Crippen LogP contribution in [0, 0.1) is 28.6 Å². The van der Waals surface area contributed by atoms with Crippen LogP contribution in [0.5, 0.6) is 0 Å². The van der Waals surface area contributed by atoms with Crippen molar-refractivity contribution in [3.63, 3.8) is 0 Å². The number of fused-ring (bicyclic) bond motifs is 5. The number of esters is 1. The van der Waals surface area contributed by atoms with Gasteiger partial charge in [0, 0.05) is 24.2 Å². The van der Waals surface area contributed by atoms with Crippen LogP contribution in [0.3, 0.4) is 0 Å². The Hall–Kier alpha value is -2.35. The molecule has 2 N–H and O–H groups in total. The van der Waals surface area contributed by atoms with E-state index in [0.717, 1.165) is 18.4 Å². The predicted octanol–water partition coefficient (Wildman–Crippen LogP) is 2.41. The first-order chi connectivity index (χ1) is 15.4. The molecule has 0 aromatic carbocycles. The van der Waals surface area contributed by atoms with E-state index < -0.39 is 41.8 Å². The smallest absolute Gasteiger partial charge is 0.306 e. The summed E-state index contributed by atoms with van der Waals surface area (Å²) in [7, 11) is 0. The summed E-state index contributed by atoms with van der Waals surface area (Å²) in [6.45, 7) is 3.26. The average molecular weight is 461 g/mol. The maximum absolute atomic E-state index is 13.6. The molecular formula is C25H32O8. The molecule has 0 aromatic heterocycles. The lowest BCUT2D eigenvalue weighted by Crippen LogP contribution is -2.61. The van der Waals surface area contributed by atoms with Crippen LogP contribution in [-0.2, 0) is 28.7 Å². The number of ether oxygens (including phenoxy) is 1. The molecule has 180 valence electrons. The molecule has 0 amide bonds. The molecule has 0 bridgehead atoms. The summed E-state index contributed by atoms with van der Waals surface area (Å²) < 4.78 is 4.95. The fourth-order valence-electron chi connectivity index (χ4n) is 7.39. The van der Waals surface area contributed by atoms with Gasteiger partial charge in [0.05, 0.1) is 12.8 Å². The fraction of sp³-hybridized carbons (Fsp3) is 0.720. The topological polar surface area (TPSA) is 135 Å². The Morgan fingerprint density at radius 2 is 1.82 bits per heavy atom. The molecule has 4 rings (SSSR count). The zero-order chi connectivity index (χ0) is 24.2. The van der Waals surface area contributed by atoms with Crippen LogP contribution in [0.25, 0.3) is 0 Å². The lowest BCUT2D eigenvalue weighted by atomic mass is 9.46. The minimum atomic E-state index is -1.77. The predicted molar refractivity (Wildman–Crippen MR) is 115 cm³/mol. The zero-order valence-electron chi connectivity index (χ0n) is 19.2. The number of rotatable bonds is 6. The Bertz CT molecular complexity index is 950. The van der Waals surface area contributed by atoms with Gasteiger partial charge in [-0.1, -0.05) is 19.4 Å². The van der Waals surface area contributed by atoms with Gasteiger partial charge in [-0.15, -0.1) is 0 Å². The van der Waals surface area contributed by atoms with E-state index in [9.17, 15) is 29.1 Å². The number of allylic oxidation sites excluding steroid dienone is 1. The van der Waals surface area contributed by atoms with Crippen LogP contribution in [0.4, 0.5) is 0 Å². The number of hydrogen-bond acceptors (Lipinski definition) is 7. The van der Waals surface area contributed by atoms with E-state index in [-0.39, 0.29) is 54.0 Å². The number of Topliss-reactive ketones (excluding diaryl/α,β-unsaturated/α-hetero) is 2. The molecule has 6 atom stereocenters. The minimum absolute atomic E-state index is 0.0205. The van der Waals surface area contributed by atoms with E-state index in [2.05, 4.69) is 6.92 Å². The molecule has 33 heavy (non-hydrogen) atoms. The maximum Gasteiger partial charge on any atom is 0.306 e. The number of aliphatic carboxylic acids is 1. The summed E-state index contributed by atoms with van der Waals surface area (Å²) in [5.41, 5.74) is -2.00. The Kier molecular flexibility index (Phi) is 5.88. The summed E-state index contributed by atoms with van der Waals surface area (Å²) in [4.78, 5) is 61.0. The number of carboxylic acid groups (broad SMARTS) is 1. The van der Waals surface area contributed by atoms with Crippen molar-refractivity contribution in [1.82, 2.24) is 0 Å². The molecule has 0 saturated heterocycles. The Morgan fingerprint density at radius 1 is 1.09 bits per heavy atom. The van der Waals surface area contributed by atoms with Crippen molar-refractivity contribution in [2.75, 3.05) is 6.61 Å². The molecule has 8 nitrogen and oxygen atoms in total. The van der Waals surface area contributed by atoms with Crippen molar-refractivity contribution < 1.29 is 38.9 Å². The van der Waals surface area contributed by atoms with Gasteiger partial charge in [-0.2, -0.15) is 0 Å². The number of carbonyl (C=O) groups excluding carboxylic acids is 4. The van der Waals surface area contributed by atoms with Crippen molar-refractivity contribution in [2.24, 2.45) is 28.6 Å². The van der Waals surface area contributed by atoms with Gasteiger partial charge in [0.25, 0.3) is 0 Å². The first-order valence-electron chi connectivity index (χ1n) is 11.8. The summed E-state index contributed by atoms with van der Waals surface area (Å²) in [6, 6.07) is 0. The normalized spacial score (nSPS) is 39.7. The molecule has 4 aliphatic rings. The second-order valence-electron chi connectivity index (χ2n) is 10.8. The van der Waals surface area contributed by atoms with Gasteiger partial charge in [-0.25, -0.2) is 0 Å². The Labute approximate surface area is 192 Å². The summed E-state index contributed by atoms with van der Waals surface area (Å²) in [6.07, 6.45) is 4.46. The van der Waals surface area contributed by atoms with Gasteiger partial charge in [0.15, 0.2) is 12.4 Å². The fourth-order valence-corrected chi connectivity index (χ4v) is 7.39. The molecule has 3 fully saturated rings. The quantitative estimate of drug-likeness (QED) is 0.577. The number of aliphatic hydroxyl groups is 1. The molecule has 4 aliphatic carbocycles. The van der Waals surface area contributed by atoms with E-state index in [1.54, 1.807) is 13.0 Å². The van der Waals surface area contributed by atoms with E-state index in [4.69, 9.17) is 9.84 Å². The van der Waals surface area contributed by atoms with Gasteiger partial charge in [-0.3, -0.25) is 24.0 Å². The first kappa shape index (κ1) is 23.8. The summed E-state index contributed by atoms with van der Waals surface area (Å²) in [5, 5.41) is 20.2. The van der Waals surface area contributed by atoms with Crippen LogP contribution in [-0.4, -0.2) is 51.7 Å². The molecular weight excluding hydrogens is 428 g/mol. The lowest BCUT2D eigenvalue weighted by Gasteiger charge is -2.57. The highest BCUT2D eigenvalue weighted by atomic mass is 16.5. The third-order valence-corrected chi connectivity index (χ3v) is 9.18. The number of carbonyl (C=O) groups is 5.